The molecule has 0 aliphatic heterocycles. The first kappa shape index (κ1) is 11.1. The van der Waals surface area contributed by atoms with Gasteiger partial charge in [0.2, 0.25) is 0 Å². The Kier molecular flexibility index (Phi) is 3.69. The molecule has 0 aliphatic carbocycles. The zero-order chi connectivity index (χ0) is 11.3. The van der Waals surface area contributed by atoms with E-state index in [0.717, 1.165) is 5.76 Å². The summed E-state index contributed by atoms with van der Waals surface area (Å²) in [5.41, 5.74) is -0.0637. The van der Waals surface area contributed by atoms with Crippen LogP contribution in [0.2, 0.25) is 0 Å². The van der Waals surface area contributed by atoms with Crippen molar-refractivity contribution in [1.82, 2.24) is 0 Å². The average Bonchev–Trinajstić information content (AvgIpc) is 2.61. The SMILES string of the molecule is CCOC(=O)/C(C#N)=C/c1ccc(C)o1. The van der Waals surface area contributed by atoms with Gasteiger partial charge < -0.3 is 9.15 Å². The van der Waals surface area contributed by atoms with Crippen molar-refractivity contribution in [1.29, 1.82) is 5.26 Å². The van der Waals surface area contributed by atoms with Crippen molar-refractivity contribution in [3.8, 4) is 6.07 Å². The number of carbonyl (C=O) groups excluding carboxylic acids is 1. The third kappa shape index (κ3) is 2.99. The maximum Gasteiger partial charge on any atom is 0.349 e. The van der Waals surface area contributed by atoms with Crippen LogP contribution < -0.4 is 0 Å². The van der Waals surface area contributed by atoms with E-state index in [-0.39, 0.29) is 12.2 Å². The maximum absolute atomic E-state index is 11.2. The van der Waals surface area contributed by atoms with E-state index in [1.807, 2.05) is 0 Å². The van der Waals surface area contributed by atoms with Gasteiger partial charge >= 0.3 is 5.97 Å². The lowest BCUT2D eigenvalue weighted by Gasteiger charge is -1.97. The molecule has 0 saturated carbocycles. The Balaban J connectivity index is 2.88. The molecule has 0 aromatic carbocycles. The van der Waals surface area contributed by atoms with Crippen molar-refractivity contribution >= 4 is 12.0 Å². The van der Waals surface area contributed by atoms with Gasteiger partial charge in [-0.2, -0.15) is 5.26 Å². The zero-order valence-electron chi connectivity index (χ0n) is 8.61. The van der Waals surface area contributed by atoms with Crippen LogP contribution in [0.5, 0.6) is 0 Å². The van der Waals surface area contributed by atoms with Crippen molar-refractivity contribution in [2.75, 3.05) is 6.61 Å². The van der Waals surface area contributed by atoms with Crippen LogP contribution in [-0.4, -0.2) is 12.6 Å². The molecule has 78 valence electrons. The topological polar surface area (TPSA) is 63.2 Å². The number of esters is 1. The van der Waals surface area contributed by atoms with Crippen LogP contribution >= 0.6 is 0 Å². The second kappa shape index (κ2) is 5.01. The highest BCUT2D eigenvalue weighted by Gasteiger charge is 2.10. The summed E-state index contributed by atoms with van der Waals surface area (Å²) in [5, 5.41) is 8.73. The molecular formula is C11H11NO3. The van der Waals surface area contributed by atoms with Crippen molar-refractivity contribution in [3.63, 3.8) is 0 Å². The van der Waals surface area contributed by atoms with Crippen molar-refractivity contribution in [3.05, 3.63) is 29.2 Å². The van der Waals surface area contributed by atoms with E-state index < -0.39 is 5.97 Å². The molecule has 1 heterocycles. The Hall–Kier alpha value is -2.02. The number of carbonyl (C=O) groups is 1. The van der Waals surface area contributed by atoms with Crippen LogP contribution in [0.1, 0.15) is 18.4 Å². The molecule has 0 atom stereocenters. The molecular weight excluding hydrogens is 194 g/mol. The molecule has 0 unspecified atom stereocenters. The molecule has 1 aromatic heterocycles. The Bertz CT molecular complexity index is 423. The molecule has 1 rings (SSSR count). The molecule has 0 saturated heterocycles. The lowest BCUT2D eigenvalue weighted by Crippen LogP contribution is -2.05. The Morgan fingerprint density at radius 3 is 2.87 bits per heavy atom. The number of nitriles is 1. The molecule has 0 fully saturated rings. The highest BCUT2D eigenvalue weighted by Crippen LogP contribution is 2.11. The molecule has 4 heteroatoms. The summed E-state index contributed by atoms with van der Waals surface area (Å²) in [7, 11) is 0. The summed E-state index contributed by atoms with van der Waals surface area (Å²) in [5.74, 6) is 0.563. The number of rotatable bonds is 3. The minimum atomic E-state index is -0.631. The standard InChI is InChI=1S/C11H11NO3/c1-3-14-11(13)9(7-12)6-10-5-4-8(2)15-10/h4-6H,3H2,1-2H3/b9-6+. The summed E-state index contributed by atoms with van der Waals surface area (Å²) in [6.07, 6.45) is 1.37. The number of aryl methyl sites for hydroxylation is 1. The summed E-state index contributed by atoms with van der Waals surface area (Å²) in [6, 6.07) is 5.21. The quantitative estimate of drug-likeness (QED) is 0.430. The van der Waals surface area contributed by atoms with Crippen molar-refractivity contribution in [2.24, 2.45) is 0 Å². The predicted molar refractivity (Wildman–Crippen MR) is 53.7 cm³/mol. The Morgan fingerprint density at radius 2 is 2.40 bits per heavy atom. The van der Waals surface area contributed by atoms with Gasteiger partial charge in [-0.25, -0.2) is 4.79 Å². The summed E-state index contributed by atoms with van der Waals surface area (Å²) >= 11 is 0. The second-order valence-electron chi connectivity index (χ2n) is 2.84. The normalized spacial score (nSPS) is 10.9. The molecule has 0 amide bonds. The summed E-state index contributed by atoms with van der Waals surface area (Å²) in [6.45, 7) is 3.72. The Morgan fingerprint density at radius 1 is 1.67 bits per heavy atom. The number of ether oxygens (including phenoxy) is 1. The van der Waals surface area contributed by atoms with Gasteiger partial charge in [0.15, 0.2) is 0 Å². The first-order valence-corrected chi connectivity index (χ1v) is 4.52. The van der Waals surface area contributed by atoms with Gasteiger partial charge in [-0.3, -0.25) is 0 Å². The molecule has 1 aromatic rings. The Labute approximate surface area is 87.8 Å². The highest BCUT2D eigenvalue weighted by atomic mass is 16.5. The molecule has 15 heavy (non-hydrogen) atoms. The number of nitrogens with zero attached hydrogens (tertiary/aromatic N) is 1. The summed E-state index contributed by atoms with van der Waals surface area (Å²) < 4.78 is 9.91. The van der Waals surface area contributed by atoms with Gasteiger partial charge in [0.05, 0.1) is 6.61 Å². The lowest BCUT2D eigenvalue weighted by molar-refractivity contribution is -0.137. The highest BCUT2D eigenvalue weighted by molar-refractivity contribution is 5.97. The van der Waals surface area contributed by atoms with Crippen LogP contribution in [0.15, 0.2) is 22.1 Å². The fourth-order valence-electron chi connectivity index (χ4n) is 1.02. The van der Waals surface area contributed by atoms with Gasteiger partial charge in [0.25, 0.3) is 0 Å². The smallest absolute Gasteiger partial charge is 0.349 e. The minimum absolute atomic E-state index is 0.0637. The van der Waals surface area contributed by atoms with Crippen LogP contribution in [0.3, 0.4) is 0 Å². The first-order chi connectivity index (χ1) is 7.17. The van der Waals surface area contributed by atoms with Crippen molar-refractivity contribution < 1.29 is 13.9 Å². The van der Waals surface area contributed by atoms with E-state index >= 15 is 0 Å². The van der Waals surface area contributed by atoms with Gasteiger partial charge in [0, 0.05) is 6.08 Å². The van der Waals surface area contributed by atoms with Crippen LogP contribution in [0.25, 0.3) is 6.08 Å². The maximum atomic E-state index is 11.2. The van der Waals surface area contributed by atoms with Crippen LogP contribution in [-0.2, 0) is 9.53 Å². The van der Waals surface area contributed by atoms with Gasteiger partial charge in [-0.1, -0.05) is 0 Å². The van der Waals surface area contributed by atoms with E-state index in [2.05, 4.69) is 0 Å². The second-order valence-corrected chi connectivity index (χ2v) is 2.84. The van der Waals surface area contributed by atoms with E-state index in [1.165, 1.54) is 6.08 Å². The molecule has 4 nitrogen and oxygen atoms in total. The summed E-state index contributed by atoms with van der Waals surface area (Å²) in [4.78, 5) is 11.2. The van der Waals surface area contributed by atoms with Crippen LogP contribution in [0.4, 0.5) is 0 Å². The largest absolute Gasteiger partial charge is 0.462 e. The van der Waals surface area contributed by atoms with E-state index in [0.29, 0.717) is 5.76 Å². The lowest BCUT2D eigenvalue weighted by atomic mass is 10.2. The van der Waals surface area contributed by atoms with Gasteiger partial charge in [-0.05, 0) is 26.0 Å². The average molecular weight is 205 g/mol. The number of hydrogen-bond donors (Lipinski definition) is 0. The fraction of sp³-hybridized carbons (Fsp3) is 0.273. The third-order valence-corrected chi connectivity index (χ3v) is 1.66. The van der Waals surface area contributed by atoms with Crippen LogP contribution in [0, 0.1) is 18.3 Å². The minimum Gasteiger partial charge on any atom is -0.462 e. The van der Waals surface area contributed by atoms with E-state index in [9.17, 15) is 4.79 Å². The molecule has 0 spiro atoms. The molecule has 0 radical (unpaired) electrons. The molecule has 0 aliphatic rings. The van der Waals surface area contributed by atoms with Crippen molar-refractivity contribution in [2.45, 2.75) is 13.8 Å². The molecule has 0 N–H and O–H groups in total. The van der Waals surface area contributed by atoms with Gasteiger partial charge in [-0.15, -0.1) is 0 Å². The predicted octanol–water partition coefficient (Wildman–Crippen LogP) is 2.06. The molecule has 0 bridgehead atoms. The van der Waals surface area contributed by atoms with E-state index in [4.69, 9.17) is 14.4 Å². The third-order valence-electron chi connectivity index (χ3n) is 1.66. The zero-order valence-corrected chi connectivity index (χ0v) is 8.61. The van der Waals surface area contributed by atoms with E-state index in [1.54, 1.807) is 32.0 Å². The fourth-order valence-corrected chi connectivity index (χ4v) is 1.02. The first-order valence-electron chi connectivity index (χ1n) is 4.52. The monoisotopic (exact) mass is 205 g/mol. The number of hydrogen-bond acceptors (Lipinski definition) is 4. The van der Waals surface area contributed by atoms with Gasteiger partial charge in [0.1, 0.15) is 23.2 Å². The number of furan rings is 1.